The van der Waals surface area contributed by atoms with E-state index in [2.05, 4.69) is 45.6 Å². The molecular formula is C41H49N7O6. The Morgan fingerprint density at radius 2 is 1.69 bits per heavy atom. The van der Waals surface area contributed by atoms with E-state index < -0.39 is 17.7 Å². The Hall–Kier alpha value is -5.33. The predicted molar refractivity (Wildman–Crippen MR) is 202 cm³/mol. The van der Waals surface area contributed by atoms with E-state index >= 15 is 0 Å². The molecule has 2 fully saturated rings. The molecule has 284 valence electrons. The minimum atomic E-state index is -0.686. The van der Waals surface area contributed by atoms with E-state index in [1.54, 1.807) is 0 Å². The van der Waals surface area contributed by atoms with E-state index in [0.29, 0.717) is 19.7 Å². The van der Waals surface area contributed by atoms with Crippen LogP contribution in [0.15, 0.2) is 36.5 Å². The Morgan fingerprint density at radius 3 is 2.43 bits per heavy atom. The molecule has 54 heavy (non-hydrogen) atoms. The van der Waals surface area contributed by atoms with Gasteiger partial charge in [-0.2, -0.15) is 0 Å². The summed E-state index contributed by atoms with van der Waals surface area (Å²) in [5, 5.41) is 2.71. The first-order chi connectivity index (χ1) is 25.9. The van der Waals surface area contributed by atoms with Gasteiger partial charge in [-0.25, -0.2) is 19.6 Å². The lowest BCUT2D eigenvalue weighted by molar-refractivity contribution is -0.135. The summed E-state index contributed by atoms with van der Waals surface area (Å²) in [6.45, 7) is 11.2. The summed E-state index contributed by atoms with van der Waals surface area (Å²) in [6.07, 6.45) is 6.02. The first-order valence-corrected chi connectivity index (χ1v) is 19.1. The SMILES string of the molecule is COC(=O)NC(C(=O)N1CCC[C@H]1c1ncc(-c2ccc3c(c2)COc2cc4c(cc2-3)CCc2[nH]c([C@@H]3CCCN3C(=O)OC(C)(C)C)nc2-4)[nH]1)C(C)C. The summed E-state index contributed by atoms with van der Waals surface area (Å²) in [5.74, 6) is 2.14. The molecule has 13 heteroatoms. The summed E-state index contributed by atoms with van der Waals surface area (Å²) >= 11 is 0. The van der Waals surface area contributed by atoms with Crippen molar-refractivity contribution in [3.8, 4) is 39.4 Å². The monoisotopic (exact) mass is 735 g/mol. The maximum atomic E-state index is 13.6. The molecule has 1 unspecified atom stereocenters. The smallest absolute Gasteiger partial charge is 0.410 e. The normalized spacial score (nSPS) is 19.4. The molecule has 0 radical (unpaired) electrons. The molecule has 8 rings (SSSR count). The minimum Gasteiger partial charge on any atom is -0.488 e. The van der Waals surface area contributed by atoms with Crippen molar-refractivity contribution in [2.45, 2.75) is 103 Å². The van der Waals surface area contributed by atoms with Gasteiger partial charge in [-0.1, -0.05) is 26.0 Å². The number of fused-ring (bicyclic) bond motifs is 6. The number of nitrogens with zero attached hydrogens (tertiary/aromatic N) is 4. The number of methoxy groups -OCH3 is 1. The maximum Gasteiger partial charge on any atom is 0.410 e. The van der Waals surface area contributed by atoms with Crippen LogP contribution in [0.4, 0.5) is 9.59 Å². The molecule has 2 saturated heterocycles. The molecule has 3 aliphatic heterocycles. The van der Waals surface area contributed by atoms with Crippen molar-refractivity contribution < 1.29 is 28.6 Å². The molecule has 3 amide bonds. The summed E-state index contributed by atoms with van der Waals surface area (Å²) < 4.78 is 16.9. The fourth-order valence-corrected chi connectivity index (χ4v) is 8.37. The number of likely N-dealkylation sites (tertiary alicyclic amines) is 2. The highest BCUT2D eigenvalue weighted by Crippen LogP contribution is 2.45. The van der Waals surface area contributed by atoms with E-state index in [0.717, 1.165) is 101 Å². The number of alkyl carbamates (subject to hydrolysis) is 1. The third-order valence-electron chi connectivity index (χ3n) is 11.0. The lowest BCUT2D eigenvalue weighted by Crippen LogP contribution is -2.51. The number of hydrogen-bond acceptors (Lipinski definition) is 8. The summed E-state index contributed by atoms with van der Waals surface area (Å²) in [5.41, 5.74) is 8.92. The number of aromatic amines is 2. The highest BCUT2D eigenvalue weighted by molar-refractivity contribution is 5.87. The second-order valence-corrected chi connectivity index (χ2v) is 16.2. The highest BCUT2D eigenvalue weighted by atomic mass is 16.6. The molecule has 0 saturated carbocycles. The van der Waals surface area contributed by atoms with Crippen LogP contribution < -0.4 is 10.1 Å². The average Bonchev–Trinajstić information content (AvgIpc) is 3.97. The second kappa shape index (κ2) is 13.8. The number of ether oxygens (including phenoxy) is 3. The van der Waals surface area contributed by atoms with Gasteiger partial charge in [0.1, 0.15) is 35.6 Å². The largest absolute Gasteiger partial charge is 0.488 e. The molecule has 2 aromatic carbocycles. The van der Waals surface area contributed by atoms with Crippen molar-refractivity contribution in [1.29, 1.82) is 0 Å². The van der Waals surface area contributed by atoms with Crippen LogP contribution in [0.3, 0.4) is 0 Å². The fraction of sp³-hybridized carbons (Fsp3) is 0.488. The van der Waals surface area contributed by atoms with Gasteiger partial charge in [0.05, 0.1) is 36.8 Å². The Balaban J connectivity index is 1.01. The van der Waals surface area contributed by atoms with Crippen LogP contribution in [0.2, 0.25) is 0 Å². The number of amides is 3. The van der Waals surface area contributed by atoms with Crippen molar-refractivity contribution in [2.24, 2.45) is 5.92 Å². The molecule has 0 bridgehead atoms. The van der Waals surface area contributed by atoms with Crippen LogP contribution >= 0.6 is 0 Å². The lowest BCUT2D eigenvalue weighted by atomic mass is 9.86. The van der Waals surface area contributed by atoms with Crippen LogP contribution in [0.1, 0.15) is 101 Å². The summed E-state index contributed by atoms with van der Waals surface area (Å²) in [6, 6.07) is 9.76. The van der Waals surface area contributed by atoms with Crippen molar-refractivity contribution in [1.82, 2.24) is 35.1 Å². The van der Waals surface area contributed by atoms with Gasteiger partial charge in [-0.15, -0.1) is 0 Å². The zero-order valence-electron chi connectivity index (χ0n) is 31.9. The molecule has 3 N–H and O–H groups in total. The van der Waals surface area contributed by atoms with Crippen LogP contribution in [0, 0.1) is 5.92 Å². The summed E-state index contributed by atoms with van der Waals surface area (Å²) in [7, 11) is 1.30. The lowest BCUT2D eigenvalue weighted by Gasteiger charge is -2.30. The molecule has 1 aliphatic carbocycles. The molecule has 5 heterocycles. The van der Waals surface area contributed by atoms with Crippen LogP contribution in [0.5, 0.6) is 5.75 Å². The maximum absolute atomic E-state index is 13.6. The number of carbonyl (C=O) groups is 3. The van der Waals surface area contributed by atoms with Gasteiger partial charge in [-0.3, -0.25) is 9.69 Å². The molecule has 4 aliphatic rings. The Morgan fingerprint density at radius 1 is 0.926 bits per heavy atom. The molecular weight excluding hydrogens is 686 g/mol. The average molecular weight is 736 g/mol. The molecule has 2 aromatic heterocycles. The van der Waals surface area contributed by atoms with Gasteiger partial charge in [0.25, 0.3) is 0 Å². The highest BCUT2D eigenvalue weighted by Gasteiger charge is 2.39. The summed E-state index contributed by atoms with van der Waals surface area (Å²) in [4.78, 5) is 59.2. The van der Waals surface area contributed by atoms with Crippen LogP contribution in [-0.2, 0) is 33.7 Å². The number of carbonyl (C=O) groups excluding carboxylic acids is 3. The molecule has 3 atom stereocenters. The number of hydrogen-bond donors (Lipinski definition) is 3. The fourth-order valence-electron chi connectivity index (χ4n) is 8.37. The molecule has 0 spiro atoms. The number of nitrogens with one attached hydrogen (secondary N) is 3. The zero-order valence-corrected chi connectivity index (χ0v) is 31.9. The Labute approximate surface area is 315 Å². The first kappa shape index (κ1) is 35.7. The number of aromatic nitrogens is 4. The number of benzene rings is 2. The van der Waals surface area contributed by atoms with Gasteiger partial charge >= 0.3 is 12.2 Å². The van der Waals surface area contributed by atoms with Crippen molar-refractivity contribution in [3.05, 3.63) is 65.0 Å². The van der Waals surface area contributed by atoms with Gasteiger partial charge in [0.2, 0.25) is 5.91 Å². The van der Waals surface area contributed by atoms with E-state index in [9.17, 15) is 14.4 Å². The van der Waals surface area contributed by atoms with Gasteiger partial charge < -0.3 is 34.4 Å². The third kappa shape index (κ3) is 6.58. The van der Waals surface area contributed by atoms with Gasteiger partial charge in [0, 0.05) is 29.9 Å². The topological polar surface area (TPSA) is 155 Å². The Bertz CT molecular complexity index is 2110. The zero-order chi connectivity index (χ0) is 37.9. The first-order valence-electron chi connectivity index (χ1n) is 19.1. The van der Waals surface area contributed by atoms with Gasteiger partial charge in [0.15, 0.2) is 0 Å². The number of imidazole rings is 2. The Kier molecular flexibility index (Phi) is 9.13. The number of aryl methyl sites for hydroxylation is 2. The van der Waals surface area contributed by atoms with Crippen molar-refractivity contribution >= 4 is 18.1 Å². The quantitative estimate of drug-likeness (QED) is 0.187. The van der Waals surface area contributed by atoms with E-state index in [1.165, 1.54) is 12.7 Å². The van der Waals surface area contributed by atoms with Gasteiger partial charge in [-0.05, 0) is 106 Å². The van der Waals surface area contributed by atoms with Crippen molar-refractivity contribution in [2.75, 3.05) is 20.2 Å². The van der Waals surface area contributed by atoms with E-state index in [4.69, 9.17) is 24.2 Å². The second-order valence-electron chi connectivity index (χ2n) is 16.2. The van der Waals surface area contributed by atoms with Crippen LogP contribution in [-0.4, -0.2) is 79.7 Å². The molecule has 13 nitrogen and oxygen atoms in total. The third-order valence-corrected chi connectivity index (χ3v) is 11.0. The van der Waals surface area contributed by atoms with E-state index in [1.807, 2.05) is 50.6 Å². The standard InChI is InChI=1S/C41H49N7O6/c1-22(2)34(46-39(50)52-6)38(49)47-15-7-9-31(47)36-42-20-30(44-36)24-11-13-26-25(17-24)21-53-33-19-27-23(18-28(26)33)12-14-29-35(27)45-37(43-29)32-10-8-16-48(32)40(51)54-41(3,4)5/h11,13,17-20,22,31-32,34H,7-10,12,14-16,21H2,1-6H3,(H,42,44)(H,43,45)(H,46,50)/t31-,32-,34?/m0/s1. The molecule has 4 aromatic rings. The predicted octanol–water partition coefficient (Wildman–Crippen LogP) is 7.24. The van der Waals surface area contributed by atoms with E-state index in [-0.39, 0.29) is 30.0 Å². The van der Waals surface area contributed by atoms with Crippen molar-refractivity contribution in [3.63, 3.8) is 0 Å². The number of H-pyrrole nitrogens is 2. The van der Waals surface area contributed by atoms with Crippen LogP contribution in [0.25, 0.3) is 33.6 Å². The minimum absolute atomic E-state index is 0.102. The number of rotatable bonds is 6.